The number of hydrogen-bond donors (Lipinski definition) is 4. The fourth-order valence-corrected chi connectivity index (χ4v) is 1.87. The lowest BCUT2D eigenvalue weighted by molar-refractivity contribution is -0.281. The van der Waals surface area contributed by atoms with Gasteiger partial charge in [0.25, 0.3) is 0 Å². The van der Waals surface area contributed by atoms with Gasteiger partial charge in [0, 0.05) is 0 Å². The van der Waals surface area contributed by atoms with Gasteiger partial charge in [-0.05, 0) is 5.56 Å². The molecule has 0 radical (unpaired) electrons. The number of benzene rings is 1. The summed E-state index contributed by atoms with van der Waals surface area (Å²) in [5.74, 6) is -0.925. The van der Waals surface area contributed by atoms with Crippen molar-refractivity contribution in [2.75, 3.05) is 0 Å². The molecule has 0 amide bonds. The fourth-order valence-electron chi connectivity index (χ4n) is 1.87. The van der Waals surface area contributed by atoms with E-state index in [9.17, 15) is 25.2 Å². The molecule has 0 bridgehead atoms. The van der Waals surface area contributed by atoms with Crippen molar-refractivity contribution in [1.82, 2.24) is 0 Å². The lowest BCUT2D eigenvalue weighted by Gasteiger charge is -2.36. The number of hydrogen-bond acceptors (Lipinski definition) is 7. The molecule has 1 aromatic carbocycles. The van der Waals surface area contributed by atoms with E-state index in [1.807, 2.05) is 6.07 Å². The third-order valence-electron chi connectivity index (χ3n) is 3.04. The Morgan fingerprint density at radius 1 is 1.05 bits per heavy atom. The van der Waals surface area contributed by atoms with Gasteiger partial charge in [0.05, 0.1) is 0 Å². The topological polar surface area (TPSA) is 116 Å². The van der Waals surface area contributed by atoms with Gasteiger partial charge in [-0.25, -0.2) is 4.79 Å². The zero-order chi connectivity index (χ0) is 14.7. The quantitative estimate of drug-likeness (QED) is 0.501. The molecule has 7 nitrogen and oxygen atoms in total. The summed E-state index contributed by atoms with van der Waals surface area (Å²) in [4.78, 5) is 11.8. The van der Waals surface area contributed by atoms with Crippen molar-refractivity contribution in [3.63, 3.8) is 0 Å². The van der Waals surface area contributed by atoms with Crippen LogP contribution in [0.3, 0.4) is 0 Å². The van der Waals surface area contributed by atoms with Crippen LogP contribution in [0.4, 0.5) is 0 Å². The van der Waals surface area contributed by atoms with Crippen molar-refractivity contribution in [1.29, 1.82) is 0 Å². The minimum atomic E-state index is -1.76. The van der Waals surface area contributed by atoms with E-state index >= 15 is 0 Å². The molecule has 4 N–H and O–H groups in total. The molecule has 0 saturated carbocycles. The van der Waals surface area contributed by atoms with E-state index in [0.717, 1.165) is 5.56 Å². The molecule has 110 valence electrons. The second-order valence-corrected chi connectivity index (χ2v) is 4.51. The molecule has 1 aromatic rings. The number of aliphatic hydroxyl groups is 4. The minimum Gasteiger partial charge on any atom is -0.459 e. The van der Waals surface area contributed by atoms with Crippen LogP contribution in [-0.2, 0) is 20.9 Å². The van der Waals surface area contributed by atoms with E-state index in [1.54, 1.807) is 24.3 Å². The second-order valence-electron chi connectivity index (χ2n) is 4.51. The van der Waals surface area contributed by atoms with Crippen LogP contribution in [0.25, 0.3) is 0 Å². The van der Waals surface area contributed by atoms with E-state index in [1.165, 1.54) is 0 Å². The van der Waals surface area contributed by atoms with Gasteiger partial charge in [-0.1, -0.05) is 30.3 Å². The molecule has 0 aliphatic carbocycles. The summed E-state index contributed by atoms with van der Waals surface area (Å²) in [6.45, 7) is -0.0268. The van der Waals surface area contributed by atoms with Gasteiger partial charge in [-0.15, -0.1) is 0 Å². The van der Waals surface area contributed by atoms with Crippen LogP contribution in [0.15, 0.2) is 30.3 Å². The summed E-state index contributed by atoms with van der Waals surface area (Å²) < 4.78 is 9.69. The number of carbonyl (C=O) groups is 1. The maximum Gasteiger partial charge on any atom is 0.338 e. The Balaban J connectivity index is 1.95. The first-order valence-corrected chi connectivity index (χ1v) is 6.09. The van der Waals surface area contributed by atoms with E-state index in [4.69, 9.17) is 9.47 Å². The van der Waals surface area contributed by atoms with Crippen LogP contribution in [0.2, 0.25) is 0 Å². The number of aliphatic hydroxyl groups excluding tert-OH is 4. The molecular formula is C13H16O7. The predicted molar refractivity (Wildman–Crippen MR) is 65.1 cm³/mol. The minimum absolute atomic E-state index is 0.0268. The lowest BCUT2D eigenvalue weighted by Crippen LogP contribution is -2.59. The summed E-state index contributed by atoms with van der Waals surface area (Å²) in [5, 5.41) is 37.7. The smallest absolute Gasteiger partial charge is 0.338 e. The molecule has 0 spiro atoms. The summed E-state index contributed by atoms with van der Waals surface area (Å²) >= 11 is 0. The van der Waals surface area contributed by atoms with Crippen LogP contribution < -0.4 is 0 Å². The molecule has 1 aliphatic rings. The normalized spacial score (nSPS) is 33.7. The van der Waals surface area contributed by atoms with Crippen LogP contribution in [-0.4, -0.2) is 57.1 Å². The van der Waals surface area contributed by atoms with E-state index in [2.05, 4.69) is 0 Å². The van der Waals surface area contributed by atoms with Crippen LogP contribution in [0, 0.1) is 0 Å². The average molecular weight is 284 g/mol. The van der Waals surface area contributed by atoms with Crippen LogP contribution >= 0.6 is 0 Å². The summed E-state index contributed by atoms with van der Waals surface area (Å²) in [7, 11) is 0. The molecule has 20 heavy (non-hydrogen) atoms. The van der Waals surface area contributed by atoms with Gasteiger partial charge in [0.1, 0.15) is 24.9 Å². The Labute approximate surface area is 115 Å². The molecule has 7 heteroatoms. The van der Waals surface area contributed by atoms with Crippen molar-refractivity contribution in [2.24, 2.45) is 0 Å². The molecule has 1 saturated heterocycles. The molecule has 2 rings (SSSR count). The number of carbonyl (C=O) groups excluding carboxylic acids is 1. The molecule has 1 heterocycles. The number of rotatable bonds is 3. The lowest BCUT2D eigenvalue weighted by atomic mass is 9.99. The van der Waals surface area contributed by atoms with Crippen LogP contribution in [0.1, 0.15) is 5.56 Å². The fraction of sp³-hybridized carbons (Fsp3) is 0.462. The first kappa shape index (κ1) is 14.9. The Morgan fingerprint density at radius 2 is 1.70 bits per heavy atom. The first-order valence-electron chi connectivity index (χ1n) is 6.09. The van der Waals surface area contributed by atoms with E-state index in [0.29, 0.717) is 0 Å². The Kier molecular flexibility index (Phi) is 4.69. The summed E-state index contributed by atoms with van der Waals surface area (Å²) in [6, 6.07) is 8.86. The zero-order valence-corrected chi connectivity index (χ0v) is 10.5. The molecule has 0 aromatic heterocycles. The van der Waals surface area contributed by atoms with Crippen molar-refractivity contribution < 1.29 is 34.7 Å². The van der Waals surface area contributed by atoms with Gasteiger partial charge in [-0.3, -0.25) is 0 Å². The number of esters is 1. The highest BCUT2D eigenvalue weighted by Gasteiger charge is 2.46. The molecule has 1 aliphatic heterocycles. The van der Waals surface area contributed by atoms with E-state index < -0.39 is 36.7 Å². The van der Waals surface area contributed by atoms with Gasteiger partial charge in [0.15, 0.2) is 12.4 Å². The third kappa shape index (κ3) is 3.14. The predicted octanol–water partition coefficient (Wildman–Crippen LogP) is -1.47. The monoisotopic (exact) mass is 284 g/mol. The summed E-state index contributed by atoms with van der Waals surface area (Å²) in [6.07, 6.45) is -8.34. The standard InChI is InChI=1S/C13H16O7/c14-8-9(15)11(20-12(17)10(8)16)13(18)19-6-7-4-2-1-3-5-7/h1-5,8-12,14-17H,6H2/t8?,9-,10-,11?,12+/m0/s1. The van der Waals surface area contributed by atoms with Gasteiger partial charge in [-0.2, -0.15) is 0 Å². The average Bonchev–Trinajstić information content (AvgIpc) is 2.47. The van der Waals surface area contributed by atoms with Crippen LogP contribution in [0.5, 0.6) is 0 Å². The largest absolute Gasteiger partial charge is 0.459 e. The molecule has 2 unspecified atom stereocenters. The Bertz CT molecular complexity index is 449. The zero-order valence-electron chi connectivity index (χ0n) is 10.5. The van der Waals surface area contributed by atoms with Gasteiger partial charge < -0.3 is 29.9 Å². The number of ether oxygens (including phenoxy) is 2. The summed E-state index contributed by atoms with van der Waals surface area (Å²) in [5.41, 5.74) is 0.743. The van der Waals surface area contributed by atoms with Gasteiger partial charge >= 0.3 is 5.97 Å². The second kappa shape index (κ2) is 6.29. The maximum absolute atomic E-state index is 11.8. The third-order valence-corrected chi connectivity index (χ3v) is 3.04. The van der Waals surface area contributed by atoms with Gasteiger partial charge in [0.2, 0.25) is 0 Å². The van der Waals surface area contributed by atoms with Crippen molar-refractivity contribution in [2.45, 2.75) is 37.3 Å². The van der Waals surface area contributed by atoms with Crippen molar-refractivity contribution in [3.05, 3.63) is 35.9 Å². The maximum atomic E-state index is 11.8. The SMILES string of the molecule is O=C(OCc1ccccc1)C1O[C@@H](O)[C@@H](O)C(O)[C@@H]1O. The molecule has 5 atom stereocenters. The Morgan fingerprint density at radius 3 is 2.35 bits per heavy atom. The highest BCUT2D eigenvalue weighted by Crippen LogP contribution is 2.21. The molecular weight excluding hydrogens is 268 g/mol. The molecule has 1 fully saturated rings. The Hall–Kier alpha value is -1.51. The van der Waals surface area contributed by atoms with Crippen molar-refractivity contribution >= 4 is 5.97 Å². The highest BCUT2D eigenvalue weighted by atomic mass is 16.7. The van der Waals surface area contributed by atoms with E-state index in [-0.39, 0.29) is 6.61 Å². The first-order chi connectivity index (χ1) is 9.50. The van der Waals surface area contributed by atoms with Crippen molar-refractivity contribution in [3.8, 4) is 0 Å². The highest BCUT2D eigenvalue weighted by molar-refractivity contribution is 5.75.